The summed E-state index contributed by atoms with van der Waals surface area (Å²) < 4.78 is 3.31. The summed E-state index contributed by atoms with van der Waals surface area (Å²) >= 11 is 3.72. The van der Waals surface area contributed by atoms with Crippen molar-refractivity contribution in [2.75, 3.05) is 6.54 Å². The molecule has 1 atom stereocenters. The van der Waals surface area contributed by atoms with Crippen LogP contribution in [0, 0.1) is 18.3 Å². The zero-order valence-electron chi connectivity index (χ0n) is 15.0. The molecule has 0 saturated heterocycles. The molecule has 0 spiro atoms. The molecule has 1 N–H and O–H groups in total. The van der Waals surface area contributed by atoms with Gasteiger partial charge in [0.25, 0.3) is 0 Å². The molecule has 0 aliphatic carbocycles. The Hall–Kier alpha value is -0.350. The molecule has 0 bridgehead atoms. The van der Waals surface area contributed by atoms with E-state index in [1.807, 2.05) is 0 Å². The second kappa shape index (κ2) is 6.82. The second-order valence-electron chi connectivity index (χ2n) is 8.06. The minimum atomic E-state index is 0.154. The van der Waals surface area contributed by atoms with E-state index >= 15 is 0 Å². The fourth-order valence-corrected chi connectivity index (χ4v) is 2.86. The van der Waals surface area contributed by atoms with Crippen LogP contribution in [0.2, 0.25) is 0 Å². The van der Waals surface area contributed by atoms with Gasteiger partial charge in [-0.1, -0.05) is 20.8 Å². The molecule has 4 heteroatoms. The molecule has 0 fully saturated rings. The smallest absolute Gasteiger partial charge is 0.0738 e. The van der Waals surface area contributed by atoms with Gasteiger partial charge in [0.15, 0.2) is 0 Å². The maximum atomic E-state index is 4.62. The van der Waals surface area contributed by atoms with Gasteiger partial charge in [-0.25, -0.2) is 0 Å². The van der Waals surface area contributed by atoms with E-state index in [1.165, 1.54) is 10.2 Å². The zero-order valence-corrected chi connectivity index (χ0v) is 16.6. The molecular weight excluding hydrogens is 326 g/mol. The summed E-state index contributed by atoms with van der Waals surface area (Å²) in [6.07, 6.45) is 1.04. The van der Waals surface area contributed by atoms with Gasteiger partial charge in [0.05, 0.1) is 15.9 Å². The number of aryl methyl sites for hydroxylation is 2. The first-order chi connectivity index (χ1) is 9.45. The van der Waals surface area contributed by atoms with Crippen molar-refractivity contribution in [2.45, 2.75) is 73.9 Å². The topological polar surface area (TPSA) is 29.9 Å². The number of rotatable bonds is 5. The Morgan fingerprint density at radius 3 is 2.19 bits per heavy atom. The van der Waals surface area contributed by atoms with Crippen molar-refractivity contribution in [3.05, 3.63) is 15.9 Å². The van der Waals surface area contributed by atoms with E-state index in [0.29, 0.717) is 5.92 Å². The number of hydrogen-bond acceptors (Lipinski definition) is 2. The lowest BCUT2D eigenvalue weighted by Crippen LogP contribution is -2.43. The highest BCUT2D eigenvalue weighted by Crippen LogP contribution is 2.32. The van der Waals surface area contributed by atoms with Crippen LogP contribution >= 0.6 is 15.9 Å². The number of hydrogen-bond donors (Lipinski definition) is 1. The zero-order chi connectivity index (χ0) is 16.4. The largest absolute Gasteiger partial charge is 0.312 e. The van der Waals surface area contributed by atoms with E-state index in [0.717, 1.165) is 25.2 Å². The average Bonchev–Trinajstić information content (AvgIpc) is 2.58. The van der Waals surface area contributed by atoms with Crippen molar-refractivity contribution in [2.24, 2.45) is 11.3 Å². The summed E-state index contributed by atoms with van der Waals surface area (Å²) in [5, 5.41) is 8.29. The van der Waals surface area contributed by atoms with Crippen LogP contribution in [0.4, 0.5) is 0 Å². The van der Waals surface area contributed by atoms with Crippen LogP contribution in [0.3, 0.4) is 0 Å². The Morgan fingerprint density at radius 2 is 1.76 bits per heavy atom. The molecule has 1 unspecified atom stereocenters. The van der Waals surface area contributed by atoms with Gasteiger partial charge < -0.3 is 5.32 Å². The number of nitrogens with zero attached hydrogens (tertiary/aromatic N) is 2. The predicted molar refractivity (Wildman–Crippen MR) is 94.7 cm³/mol. The second-order valence-corrected chi connectivity index (χ2v) is 8.85. The fourth-order valence-electron chi connectivity index (χ4n) is 2.41. The molecule has 1 rings (SSSR count). The minimum Gasteiger partial charge on any atom is -0.312 e. The molecule has 0 aliphatic heterocycles. The van der Waals surface area contributed by atoms with E-state index in [-0.39, 0.29) is 11.0 Å². The summed E-state index contributed by atoms with van der Waals surface area (Å²) in [5.41, 5.74) is 2.82. The lowest BCUT2D eigenvalue weighted by molar-refractivity contribution is 0.210. The van der Waals surface area contributed by atoms with E-state index in [4.69, 9.17) is 0 Å². The predicted octanol–water partition coefficient (Wildman–Crippen LogP) is 4.57. The van der Waals surface area contributed by atoms with Gasteiger partial charge >= 0.3 is 0 Å². The molecule has 1 heterocycles. The van der Waals surface area contributed by atoms with Crippen LogP contribution in [0.5, 0.6) is 0 Å². The molecular formula is C17H32BrN3. The maximum Gasteiger partial charge on any atom is 0.0738 e. The highest BCUT2D eigenvalue weighted by Gasteiger charge is 2.28. The van der Waals surface area contributed by atoms with Crippen molar-refractivity contribution < 1.29 is 0 Å². The van der Waals surface area contributed by atoms with Crippen LogP contribution in [-0.2, 0) is 13.0 Å². The van der Waals surface area contributed by atoms with Crippen LogP contribution < -0.4 is 5.32 Å². The maximum absolute atomic E-state index is 4.62. The Balaban J connectivity index is 2.97. The van der Waals surface area contributed by atoms with Gasteiger partial charge in [0.1, 0.15) is 0 Å². The molecule has 0 aromatic carbocycles. The normalized spacial score (nSPS) is 14.5. The Bertz CT molecular complexity index is 464. The summed E-state index contributed by atoms with van der Waals surface area (Å²) in [6.45, 7) is 19.8. The van der Waals surface area contributed by atoms with Crippen molar-refractivity contribution in [1.29, 1.82) is 0 Å². The monoisotopic (exact) mass is 357 g/mol. The lowest BCUT2D eigenvalue weighted by atomic mass is 9.77. The summed E-state index contributed by atoms with van der Waals surface area (Å²) in [6, 6.07) is 0. The first kappa shape index (κ1) is 18.7. The quantitative estimate of drug-likeness (QED) is 0.836. The number of halogens is 1. The fraction of sp³-hybridized carbons (Fsp3) is 0.824. The van der Waals surface area contributed by atoms with Gasteiger partial charge in [0, 0.05) is 12.1 Å². The highest BCUT2D eigenvalue weighted by atomic mass is 79.9. The molecule has 1 aromatic rings. The number of aromatic nitrogens is 2. The van der Waals surface area contributed by atoms with Gasteiger partial charge in [-0.3, -0.25) is 4.68 Å². The molecule has 21 heavy (non-hydrogen) atoms. The Morgan fingerprint density at radius 1 is 1.19 bits per heavy atom. The molecule has 0 saturated carbocycles. The van der Waals surface area contributed by atoms with Crippen LogP contribution in [0.15, 0.2) is 4.47 Å². The van der Waals surface area contributed by atoms with E-state index < -0.39 is 0 Å². The first-order valence-electron chi connectivity index (χ1n) is 7.92. The van der Waals surface area contributed by atoms with Gasteiger partial charge in [-0.2, -0.15) is 5.10 Å². The summed E-state index contributed by atoms with van der Waals surface area (Å²) in [5.74, 6) is 0.564. The molecule has 0 aliphatic rings. The number of nitrogens with one attached hydrogen (secondary N) is 1. The summed E-state index contributed by atoms with van der Waals surface area (Å²) in [4.78, 5) is 0. The Labute approximate surface area is 139 Å². The van der Waals surface area contributed by atoms with Crippen molar-refractivity contribution in [3.8, 4) is 0 Å². The summed E-state index contributed by atoms with van der Waals surface area (Å²) in [7, 11) is 0. The van der Waals surface area contributed by atoms with Crippen molar-refractivity contribution in [3.63, 3.8) is 0 Å². The third-order valence-corrected chi connectivity index (χ3v) is 5.03. The van der Waals surface area contributed by atoms with E-state index in [1.54, 1.807) is 0 Å². The minimum absolute atomic E-state index is 0.154. The SMILES string of the molecule is CCn1nc(C)c(Br)c1CC(CNC(C)(C)C)C(C)(C)C. The lowest BCUT2D eigenvalue weighted by Gasteiger charge is -2.34. The van der Waals surface area contributed by atoms with Gasteiger partial charge in [-0.05, 0) is 74.8 Å². The molecule has 0 amide bonds. The highest BCUT2D eigenvalue weighted by molar-refractivity contribution is 9.10. The molecule has 3 nitrogen and oxygen atoms in total. The molecule has 122 valence electrons. The van der Waals surface area contributed by atoms with E-state index in [9.17, 15) is 0 Å². The Kier molecular flexibility index (Phi) is 6.08. The molecule has 0 radical (unpaired) electrons. The van der Waals surface area contributed by atoms with Crippen molar-refractivity contribution in [1.82, 2.24) is 15.1 Å². The van der Waals surface area contributed by atoms with E-state index in [2.05, 4.69) is 86.4 Å². The standard InChI is InChI=1S/C17H32BrN3/c1-9-21-14(15(18)12(2)20-21)10-13(16(3,4)5)11-19-17(6,7)8/h13,19H,9-11H2,1-8H3. The average molecular weight is 358 g/mol. The van der Waals surface area contributed by atoms with Crippen LogP contribution in [-0.4, -0.2) is 21.9 Å². The van der Waals surface area contributed by atoms with Gasteiger partial charge in [-0.15, -0.1) is 0 Å². The van der Waals surface area contributed by atoms with Crippen LogP contribution in [0.25, 0.3) is 0 Å². The van der Waals surface area contributed by atoms with Gasteiger partial charge in [0.2, 0.25) is 0 Å². The third kappa shape index (κ3) is 5.41. The first-order valence-corrected chi connectivity index (χ1v) is 8.71. The molecule has 1 aromatic heterocycles. The van der Waals surface area contributed by atoms with Crippen molar-refractivity contribution >= 4 is 15.9 Å². The third-order valence-electron chi connectivity index (χ3n) is 4.00. The van der Waals surface area contributed by atoms with Crippen LogP contribution in [0.1, 0.15) is 59.9 Å².